The lowest BCUT2D eigenvalue weighted by molar-refractivity contribution is -0.120. The lowest BCUT2D eigenvalue weighted by Gasteiger charge is -2.01. The number of furan rings is 1. The summed E-state index contributed by atoms with van der Waals surface area (Å²) in [6, 6.07) is 3.59. The summed E-state index contributed by atoms with van der Waals surface area (Å²) in [5.74, 6) is 0.748. The third-order valence-electron chi connectivity index (χ3n) is 1.77. The zero-order valence-corrected chi connectivity index (χ0v) is 7.88. The SMILES string of the molecule is CCCCNC(=O)Cc1ccco1. The zero-order chi connectivity index (χ0) is 9.52. The Morgan fingerprint density at radius 3 is 3.08 bits per heavy atom. The van der Waals surface area contributed by atoms with Gasteiger partial charge >= 0.3 is 0 Å². The van der Waals surface area contributed by atoms with Gasteiger partial charge in [-0.05, 0) is 18.6 Å². The second-order valence-electron chi connectivity index (χ2n) is 2.96. The summed E-state index contributed by atoms with van der Waals surface area (Å²) in [5.41, 5.74) is 0. The average molecular weight is 181 g/mol. The molecule has 1 aromatic rings. The summed E-state index contributed by atoms with van der Waals surface area (Å²) in [6.45, 7) is 2.86. The van der Waals surface area contributed by atoms with Crippen LogP contribution in [0.25, 0.3) is 0 Å². The van der Waals surface area contributed by atoms with Crippen molar-refractivity contribution < 1.29 is 9.21 Å². The van der Waals surface area contributed by atoms with E-state index in [2.05, 4.69) is 12.2 Å². The number of carbonyl (C=O) groups is 1. The van der Waals surface area contributed by atoms with Crippen LogP contribution in [0, 0.1) is 0 Å². The molecule has 0 bridgehead atoms. The number of unbranched alkanes of at least 4 members (excludes halogenated alkanes) is 1. The molecule has 1 rings (SSSR count). The van der Waals surface area contributed by atoms with Crippen LogP contribution in [0.3, 0.4) is 0 Å². The molecule has 0 aliphatic heterocycles. The minimum atomic E-state index is 0.0309. The maximum Gasteiger partial charge on any atom is 0.227 e. The molecule has 3 heteroatoms. The van der Waals surface area contributed by atoms with Gasteiger partial charge in [0.25, 0.3) is 0 Å². The first-order chi connectivity index (χ1) is 6.33. The van der Waals surface area contributed by atoms with Gasteiger partial charge in [0.1, 0.15) is 5.76 Å². The van der Waals surface area contributed by atoms with Crippen LogP contribution in [0.15, 0.2) is 22.8 Å². The van der Waals surface area contributed by atoms with Crippen molar-refractivity contribution in [2.24, 2.45) is 0 Å². The molecular weight excluding hydrogens is 166 g/mol. The zero-order valence-electron chi connectivity index (χ0n) is 7.88. The van der Waals surface area contributed by atoms with Gasteiger partial charge in [-0.3, -0.25) is 4.79 Å². The average Bonchev–Trinajstić information content (AvgIpc) is 2.57. The van der Waals surface area contributed by atoms with E-state index < -0.39 is 0 Å². The van der Waals surface area contributed by atoms with Crippen molar-refractivity contribution in [2.45, 2.75) is 26.2 Å². The van der Waals surface area contributed by atoms with E-state index in [9.17, 15) is 4.79 Å². The van der Waals surface area contributed by atoms with Gasteiger partial charge in [-0.1, -0.05) is 13.3 Å². The van der Waals surface area contributed by atoms with Gasteiger partial charge in [-0.2, -0.15) is 0 Å². The van der Waals surface area contributed by atoms with Crippen molar-refractivity contribution in [3.63, 3.8) is 0 Å². The molecule has 0 atom stereocenters. The van der Waals surface area contributed by atoms with Crippen LogP contribution >= 0.6 is 0 Å². The fraction of sp³-hybridized carbons (Fsp3) is 0.500. The Balaban J connectivity index is 2.18. The van der Waals surface area contributed by atoms with E-state index >= 15 is 0 Å². The van der Waals surface area contributed by atoms with Crippen molar-refractivity contribution in [3.05, 3.63) is 24.2 Å². The molecule has 1 heterocycles. The van der Waals surface area contributed by atoms with E-state index in [0.29, 0.717) is 12.2 Å². The largest absolute Gasteiger partial charge is 0.469 e. The van der Waals surface area contributed by atoms with Crippen LogP contribution in [0.5, 0.6) is 0 Å². The molecule has 0 saturated carbocycles. The van der Waals surface area contributed by atoms with Gasteiger partial charge in [0.05, 0.1) is 12.7 Å². The van der Waals surface area contributed by atoms with Gasteiger partial charge in [0, 0.05) is 6.54 Å². The molecule has 1 aromatic heterocycles. The van der Waals surface area contributed by atoms with E-state index in [0.717, 1.165) is 19.4 Å². The third kappa shape index (κ3) is 3.78. The highest BCUT2D eigenvalue weighted by atomic mass is 16.3. The highest BCUT2D eigenvalue weighted by molar-refractivity contribution is 5.77. The molecule has 13 heavy (non-hydrogen) atoms. The summed E-state index contributed by atoms with van der Waals surface area (Å²) >= 11 is 0. The first-order valence-corrected chi connectivity index (χ1v) is 4.62. The number of hydrogen-bond acceptors (Lipinski definition) is 2. The van der Waals surface area contributed by atoms with E-state index in [4.69, 9.17) is 4.42 Å². The Labute approximate surface area is 78.1 Å². The Morgan fingerprint density at radius 2 is 2.46 bits per heavy atom. The maximum atomic E-state index is 11.2. The smallest absolute Gasteiger partial charge is 0.227 e. The first kappa shape index (κ1) is 9.84. The topological polar surface area (TPSA) is 42.2 Å². The highest BCUT2D eigenvalue weighted by Crippen LogP contribution is 2.00. The van der Waals surface area contributed by atoms with Gasteiger partial charge in [-0.15, -0.1) is 0 Å². The number of rotatable bonds is 5. The van der Waals surface area contributed by atoms with Crippen LogP contribution in [-0.2, 0) is 11.2 Å². The molecular formula is C10H15NO2. The van der Waals surface area contributed by atoms with Crippen LogP contribution in [0.4, 0.5) is 0 Å². The Kier molecular flexibility index (Phi) is 4.09. The van der Waals surface area contributed by atoms with E-state index in [1.165, 1.54) is 0 Å². The molecule has 0 aliphatic carbocycles. The predicted molar refractivity (Wildman–Crippen MR) is 50.3 cm³/mol. The minimum absolute atomic E-state index is 0.0309. The standard InChI is InChI=1S/C10H15NO2/c1-2-3-6-11-10(12)8-9-5-4-7-13-9/h4-5,7H,2-3,6,8H2,1H3,(H,11,12). The van der Waals surface area contributed by atoms with Gasteiger partial charge in [0.15, 0.2) is 0 Å². The quantitative estimate of drug-likeness (QED) is 0.703. The highest BCUT2D eigenvalue weighted by Gasteiger charge is 2.03. The van der Waals surface area contributed by atoms with Gasteiger partial charge in [-0.25, -0.2) is 0 Å². The van der Waals surface area contributed by atoms with Crippen molar-refractivity contribution >= 4 is 5.91 Å². The molecule has 0 unspecified atom stereocenters. The Morgan fingerprint density at radius 1 is 1.62 bits per heavy atom. The molecule has 0 spiro atoms. The van der Waals surface area contributed by atoms with E-state index in [1.807, 2.05) is 0 Å². The van der Waals surface area contributed by atoms with E-state index in [1.54, 1.807) is 18.4 Å². The third-order valence-corrected chi connectivity index (χ3v) is 1.77. The van der Waals surface area contributed by atoms with Crippen LogP contribution in [-0.4, -0.2) is 12.5 Å². The van der Waals surface area contributed by atoms with Crippen LogP contribution in [0.2, 0.25) is 0 Å². The van der Waals surface area contributed by atoms with Crippen molar-refractivity contribution in [2.75, 3.05) is 6.54 Å². The Hall–Kier alpha value is -1.25. The molecule has 0 aromatic carbocycles. The number of hydrogen-bond donors (Lipinski definition) is 1. The first-order valence-electron chi connectivity index (χ1n) is 4.62. The predicted octanol–water partition coefficient (Wildman–Crippen LogP) is 1.74. The monoisotopic (exact) mass is 181 g/mol. The second-order valence-corrected chi connectivity index (χ2v) is 2.96. The van der Waals surface area contributed by atoms with Crippen LogP contribution < -0.4 is 5.32 Å². The molecule has 0 saturated heterocycles. The summed E-state index contributed by atoms with van der Waals surface area (Å²) in [4.78, 5) is 11.2. The number of carbonyl (C=O) groups excluding carboxylic acids is 1. The van der Waals surface area contributed by atoms with Crippen LogP contribution in [0.1, 0.15) is 25.5 Å². The summed E-state index contributed by atoms with van der Waals surface area (Å²) in [7, 11) is 0. The maximum absolute atomic E-state index is 11.2. The number of amides is 1. The molecule has 1 amide bonds. The molecule has 1 N–H and O–H groups in total. The molecule has 0 fully saturated rings. The molecule has 0 aliphatic rings. The van der Waals surface area contributed by atoms with E-state index in [-0.39, 0.29) is 5.91 Å². The second kappa shape index (κ2) is 5.41. The summed E-state index contributed by atoms with van der Waals surface area (Å²) in [6.07, 6.45) is 4.05. The van der Waals surface area contributed by atoms with Crippen molar-refractivity contribution in [1.82, 2.24) is 5.32 Å². The summed E-state index contributed by atoms with van der Waals surface area (Å²) < 4.78 is 5.05. The molecule has 3 nitrogen and oxygen atoms in total. The normalized spacial score (nSPS) is 9.92. The van der Waals surface area contributed by atoms with Gasteiger partial charge in [0.2, 0.25) is 5.91 Å². The minimum Gasteiger partial charge on any atom is -0.469 e. The Bertz CT molecular complexity index is 241. The van der Waals surface area contributed by atoms with Crippen molar-refractivity contribution in [3.8, 4) is 0 Å². The summed E-state index contributed by atoms with van der Waals surface area (Å²) in [5, 5.41) is 2.82. The lowest BCUT2D eigenvalue weighted by Crippen LogP contribution is -2.25. The fourth-order valence-corrected chi connectivity index (χ4v) is 1.04. The fourth-order valence-electron chi connectivity index (χ4n) is 1.04. The van der Waals surface area contributed by atoms with Gasteiger partial charge < -0.3 is 9.73 Å². The molecule has 72 valence electrons. The lowest BCUT2D eigenvalue weighted by atomic mass is 10.3. The van der Waals surface area contributed by atoms with Crippen molar-refractivity contribution in [1.29, 1.82) is 0 Å². The number of nitrogens with one attached hydrogen (secondary N) is 1. The molecule has 0 radical (unpaired) electrons.